The molecule has 1 atom stereocenters. The first-order chi connectivity index (χ1) is 9.49. The number of aliphatic hydroxyl groups is 1. The molecule has 3 rings (SSSR count). The van der Waals surface area contributed by atoms with Crippen LogP contribution in [0.4, 0.5) is 19.0 Å². The smallest absolute Gasteiger partial charge is 0.396 e. The van der Waals surface area contributed by atoms with E-state index in [-0.39, 0.29) is 12.5 Å². The van der Waals surface area contributed by atoms with Gasteiger partial charge in [0.2, 0.25) is 0 Å². The number of fused-ring (bicyclic) bond motifs is 1. The molecule has 0 spiro atoms. The van der Waals surface area contributed by atoms with Crippen LogP contribution >= 0.6 is 0 Å². The number of aromatic nitrogens is 3. The Labute approximate surface area is 112 Å². The van der Waals surface area contributed by atoms with Gasteiger partial charge in [-0.05, 0) is 6.42 Å². The highest BCUT2D eigenvalue weighted by Gasteiger charge is 2.35. The lowest BCUT2D eigenvalue weighted by Gasteiger charge is -2.17. The van der Waals surface area contributed by atoms with Gasteiger partial charge in [-0.15, -0.1) is 0 Å². The molecule has 3 heterocycles. The van der Waals surface area contributed by atoms with Crippen molar-refractivity contribution in [3.05, 3.63) is 24.2 Å². The van der Waals surface area contributed by atoms with E-state index in [9.17, 15) is 13.2 Å². The summed E-state index contributed by atoms with van der Waals surface area (Å²) in [7, 11) is 0. The van der Waals surface area contributed by atoms with E-state index in [1.165, 1.54) is 16.9 Å². The Kier molecular flexibility index (Phi) is 3.04. The highest BCUT2D eigenvalue weighted by molar-refractivity contribution is 5.69. The third-order valence-electron chi connectivity index (χ3n) is 3.50. The third kappa shape index (κ3) is 2.20. The number of halogens is 3. The van der Waals surface area contributed by atoms with Gasteiger partial charge < -0.3 is 10.0 Å². The summed E-state index contributed by atoms with van der Waals surface area (Å²) in [4.78, 5) is 6.06. The summed E-state index contributed by atoms with van der Waals surface area (Å²) >= 11 is 0. The lowest BCUT2D eigenvalue weighted by atomic mass is 10.1. The van der Waals surface area contributed by atoms with Gasteiger partial charge in [-0.3, -0.25) is 0 Å². The molecule has 1 unspecified atom stereocenters. The Hall–Kier alpha value is -1.83. The summed E-state index contributed by atoms with van der Waals surface area (Å²) in [6.07, 6.45) is -0.836. The van der Waals surface area contributed by atoms with E-state index in [1.54, 1.807) is 0 Å². The van der Waals surface area contributed by atoms with Gasteiger partial charge in [0.15, 0.2) is 11.5 Å². The summed E-state index contributed by atoms with van der Waals surface area (Å²) in [6.45, 7) is 1.34. The van der Waals surface area contributed by atoms with Gasteiger partial charge in [0.05, 0.1) is 0 Å². The highest BCUT2D eigenvalue weighted by Crippen LogP contribution is 2.32. The molecule has 1 fully saturated rings. The molecule has 1 aliphatic rings. The number of aliphatic hydroxyl groups excluding tert-OH is 1. The summed E-state index contributed by atoms with van der Waals surface area (Å²) < 4.78 is 39.3. The largest absolute Gasteiger partial charge is 0.435 e. The maximum Gasteiger partial charge on any atom is 0.435 e. The SMILES string of the molecule is OCC1CCN(c2nccn3nc(C(F)(F)F)cc23)C1. The lowest BCUT2D eigenvalue weighted by molar-refractivity contribution is -0.141. The van der Waals surface area contributed by atoms with Crippen LogP contribution in [0.3, 0.4) is 0 Å². The molecule has 0 radical (unpaired) electrons. The molecule has 108 valence electrons. The Bertz CT molecular complexity index is 625. The Morgan fingerprint density at radius 3 is 2.85 bits per heavy atom. The van der Waals surface area contributed by atoms with Gasteiger partial charge in [0.1, 0.15) is 5.52 Å². The fourth-order valence-corrected chi connectivity index (χ4v) is 2.46. The number of rotatable bonds is 2. The topological polar surface area (TPSA) is 53.7 Å². The van der Waals surface area contributed by atoms with Crippen molar-refractivity contribution in [3.8, 4) is 0 Å². The third-order valence-corrected chi connectivity index (χ3v) is 3.50. The van der Waals surface area contributed by atoms with E-state index < -0.39 is 11.9 Å². The van der Waals surface area contributed by atoms with Crippen molar-refractivity contribution in [2.45, 2.75) is 12.6 Å². The molecular weight excluding hydrogens is 273 g/mol. The first-order valence-corrected chi connectivity index (χ1v) is 6.26. The monoisotopic (exact) mass is 286 g/mol. The maximum atomic E-state index is 12.7. The highest BCUT2D eigenvalue weighted by atomic mass is 19.4. The van der Waals surface area contributed by atoms with Crippen molar-refractivity contribution < 1.29 is 18.3 Å². The molecule has 1 saturated heterocycles. The minimum absolute atomic E-state index is 0.0761. The van der Waals surface area contributed by atoms with Crippen molar-refractivity contribution in [3.63, 3.8) is 0 Å². The van der Waals surface area contributed by atoms with Crippen LogP contribution < -0.4 is 4.90 Å². The molecule has 0 aromatic carbocycles. The van der Waals surface area contributed by atoms with Crippen LogP contribution in [-0.2, 0) is 6.18 Å². The second-order valence-corrected chi connectivity index (χ2v) is 4.89. The fraction of sp³-hybridized carbons (Fsp3) is 0.500. The van der Waals surface area contributed by atoms with Crippen molar-refractivity contribution >= 4 is 11.3 Å². The zero-order valence-corrected chi connectivity index (χ0v) is 10.5. The van der Waals surface area contributed by atoms with E-state index in [0.717, 1.165) is 12.5 Å². The van der Waals surface area contributed by atoms with Gasteiger partial charge in [-0.25, -0.2) is 9.50 Å². The Morgan fingerprint density at radius 1 is 1.40 bits per heavy atom. The van der Waals surface area contributed by atoms with Crippen LogP contribution in [0.15, 0.2) is 18.5 Å². The molecule has 8 heteroatoms. The average Bonchev–Trinajstić information content (AvgIpc) is 3.04. The van der Waals surface area contributed by atoms with Crippen LogP contribution in [-0.4, -0.2) is 39.4 Å². The molecule has 5 nitrogen and oxygen atoms in total. The van der Waals surface area contributed by atoms with Crippen LogP contribution in [0, 0.1) is 5.92 Å². The van der Waals surface area contributed by atoms with Gasteiger partial charge in [0.25, 0.3) is 0 Å². The summed E-state index contributed by atoms with van der Waals surface area (Å²) in [5.74, 6) is 0.619. The second-order valence-electron chi connectivity index (χ2n) is 4.89. The van der Waals surface area contributed by atoms with Gasteiger partial charge >= 0.3 is 6.18 Å². The first-order valence-electron chi connectivity index (χ1n) is 6.26. The lowest BCUT2D eigenvalue weighted by Crippen LogP contribution is -2.22. The summed E-state index contributed by atoms with van der Waals surface area (Å²) in [5, 5.41) is 12.7. The fourth-order valence-electron chi connectivity index (χ4n) is 2.46. The maximum absolute atomic E-state index is 12.7. The van der Waals surface area contributed by atoms with Crippen molar-refractivity contribution in [1.29, 1.82) is 0 Å². The molecule has 2 aromatic heterocycles. The molecule has 0 saturated carbocycles. The predicted octanol–water partition coefficient (Wildman–Crippen LogP) is 1.57. The van der Waals surface area contributed by atoms with Crippen LogP contribution in [0.5, 0.6) is 0 Å². The molecule has 0 amide bonds. The average molecular weight is 286 g/mol. The van der Waals surface area contributed by atoms with E-state index in [4.69, 9.17) is 5.11 Å². The minimum Gasteiger partial charge on any atom is -0.396 e. The predicted molar refractivity (Wildman–Crippen MR) is 65.4 cm³/mol. The number of hydrogen-bond acceptors (Lipinski definition) is 4. The first kappa shape index (κ1) is 13.2. The van der Waals surface area contributed by atoms with E-state index in [0.29, 0.717) is 24.4 Å². The molecule has 2 aromatic rings. The standard InChI is InChI=1S/C12H13F3N4O/c13-12(14,15)10-5-9-11(16-2-4-19(9)17-10)18-3-1-8(6-18)7-20/h2,4-5,8,20H,1,3,6-7H2. The Balaban J connectivity index is 2.01. The molecule has 20 heavy (non-hydrogen) atoms. The van der Waals surface area contributed by atoms with Crippen molar-refractivity contribution in [2.75, 3.05) is 24.6 Å². The van der Waals surface area contributed by atoms with Crippen LogP contribution in [0.25, 0.3) is 5.52 Å². The van der Waals surface area contributed by atoms with Crippen LogP contribution in [0.1, 0.15) is 12.1 Å². The van der Waals surface area contributed by atoms with E-state index in [2.05, 4.69) is 10.1 Å². The summed E-state index contributed by atoms with van der Waals surface area (Å²) in [5.41, 5.74) is -0.594. The molecule has 1 aliphatic heterocycles. The molecule has 0 bridgehead atoms. The van der Waals surface area contributed by atoms with Crippen LogP contribution in [0.2, 0.25) is 0 Å². The van der Waals surface area contributed by atoms with Gasteiger partial charge in [-0.1, -0.05) is 0 Å². The Morgan fingerprint density at radius 2 is 2.20 bits per heavy atom. The zero-order chi connectivity index (χ0) is 14.3. The number of nitrogens with zero attached hydrogens (tertiary/aromatic N) is 4. The van der Waals surface area contributed by atoms with Crippen molar-refractivity contribution in [2.24, 2.45) is 5.92 Å². The van der Waals surface area contributed by atoms with Gasteiger partial charge in [0, 0.05) is 44.1 Å². The molecule has 0 aliphatic carbocycles. The zero-order valence-electron chi connectivity index (χ0n) is 10.5. The number of hydrogen-bond donors (Lipinski definition) is 1. The minimum atomic E-state index is -4.47. The number of alkyl halides is 3. The van der Waals surface area contributed by atoms with E-state index >= 15 is 0 Å². The van der Waals surface area contributed by atoms with Gasteiger partial charge in [-0.2, -0.15) is 18.3 Å². The normalized spacial score (nSPS) is 20.0. The van der Waals surface area contributed by atoms with E-state index in [1.807, 2.05) is 4.90 Å². The number of anilines is 1. The quantitative estimate of drug-likeness (QED) is 0.910. The summed E-state index contributed by atoms with van der Waals surface area (Å²) in [6, 6.07) is 1.01. The second kappa shape index (κ2) is 4.62. The molecular formula is C12H13F3N4O. The van der Waals surface area contributed by atoms with Crippen molar-refractivity contribution in [1.82, 2.24) is 14.6 Å². The molecule has 1 N–H and O–H groups in total.